The lowest BCUT2D eigenvalue weighted by molar-refractivity contribution is -0.133. The average Bonchev–Trinajstić information content (AvgIpc) is 2.12. The molecule has 4 nitrogen and oxygen atoms in total. The molecule has 0 atom stereocenters. The molecule has 4 heteroatoms. The fourth-order valence-corrected chi connectivity index (χ4v) is 0.786. The Hall–Kier alpha value is -1.03. The van der Waals surface area contributed by atoms with Gasteiger partial charge in [0.05, 0.1) is 0 Å². The van der Waals surface area contributed by atoms with Crippen molar-refractivity contribution in [3.63, 3.8) is 0 Å². The van der Waals surface area contributed by atoms with Gasteiger partial charge in [0.15, 0.2) is 0 Å². The highest BCUT2D eigenvalue weighted by Crippen LogP contribution is 1.98. The molecule has 1 rings (SSSR count). The molecule has 1 aliphatic rings. The van der Waals surface area contributed by atoms with E-state index in [1.54, 1.807) is 6.08 Å². The summed E-state index contributed by atoms with van der Waals surface area (Å²) in [5.74, 6) is -0.908. The smallest absolute Gasteiger partial charge is 0.352 e. The molecule has 56 valence electrons. The van der Waals surface area contributed by atoms with Crippen molar-refractivity contribution in [2.75, 3.05) is 6.54 Å². The Morgan fingerprint density at radius 2 is 2.50 bits per heavy atom. The number of rotatable bonds is 1. The molecule has 0 unspecified atom stereocenters. The number of nitrogens with one attached hydrogen (secondary N) is 2. The number of hydrazine groups is 1. The Labute approximate surface area is 58.9 Å². The van der Waals surface area contributed by atoms with Crippen LogP contribution in [0.2, 0.25) is 0 Å². The summed E-state index contributed by atoms with van der Waals surface area (Å²) in [5, 5.41) is 8.49. The molecule has 0 aliphatic carbocycles. The number of carbonyl (C=O) groups is 1. The highest BCUT2D eigenvalue weighted by atomic mass is 16.4. The van der Waals surface area contributed by atoms with Crippen LogP contribution in [0, 0.1) is 0 Å². The van der Waals surface area contributed by atoms with Crippen LogP contribution in [0.25, 0.3) is 0 Å². The van der Waals surface area contributed by atoms with Crippen LogP contribution in [0.3, 0.4) is 0 Å². The number of allylic oxidation sites excluding steroid dienone is 1. The Kier molecular flexibility index (Phi) is 2.28. The van der Waals surface area contributed by atoms with Crippen LogP contribution in [0.1, 0.15) is 12.8 Å². The number of carboxylic acid groups (broad SMARTS) is 1. The van der Waals surface area contributed by atoms with Gasteiger partial charge >= 0.3 is 5.97 Å². The van der Waals surface area contributed by atoms with E-state index in [4.69, 9.17) is 5.11 Å². The monoisotopic (exact) mass is 142 g/mol. The standard InChI is InChI=1S/C6H10N2O2/c9-6(10)5-3-1-2-4-7-8-5/h3,7-8H,1-2,4H2,(H,9,10). The predicted octanol–water partition coefficient (Wildman–Crippen LogP) is -0.157. The van der Waals surface area contributed by atoms with E-state index in [0.29, 0.717) is 0 Å². The minimum atomic E-state index is -0.908. The first-order valence-corrected chi connectivity index (χ1v) is 3.23. The van der Waals surface area contributed by atoms with Gasteiger partial charge in [-0.2, -0.15) is 0 Å². The largest absolute Gasteiger partial charge is 0.477 e. The predicted molar refractivity (Wildman–Crippen MR) is 36.1 cm³/mol. The van der Waals surface area contributed by atoms with Crippen molar-refractivity contribution in [3.05, 3.63) is 11.8 Å². The van der Waals surface area contributed by atoms with Crippen molar-refractivity contribution in [3.8, 4) is 0 Å². The Bertz CT molecular complexity index is 165. The second-order valence-electron chi connectivity index (χ2n) is 2.12. The van der Waals surface area contributed by atoms with E-state index >= 15 is 0 Å². The molecular formula is C6H10N2O2. The number of hydrogen-bond acceptors (Lipinski definition) is 3. The molecule has 0 fully saturated rings. The van der Waals surface area contributed by atoms with Gasteiger partial charge in [-0.05, 0) is 12.8 Å². The van der Waals surface area contributed by atoms with E-state index in [9.17, 15) is 4.79 Å². The molecule has 0 amide bonds. The normalized spacial score (nSPS) is 18.6. The zero-order valence-corrected chi connectivity index (χ0v) is 5.55. The Morgan fingerprint density at radius 1 is 1.70 bits per heavy atom. The van der Waals surface area contributed by atoms with E-state index in [0.717, 1.165) is 19.4 Å². The molecule has 0 saturated carbocycles. The first-order chi connectivity index (χ1) is 4.80. The van der Waals surface area contributed by atoms with Crippen molar-refractivity contribution < 1.29 is 9.90 Å². The molecule has 0 aromatic carbocycles. The molecule has 1 heterocycles. The lowest BCUT2D eigenvalue weighted by Gasteiger charge is -2.02. The summed E-state index contributed by atoms with van der Waals surface area (Å²) < 4.78 is 0. The molecule has 3 N–H and O–H groups in total. The fraction of sp³-hybridized carbons (Fsp3) is 0.500. The number of hydrogen-bond donors (Lipinski definition) is 3. The summed E-state index contributed by atoms with van der Waals surface area (Å²) in [6.45, 7) is 0.813. The van der Waals surface area contributed by atoms with Crippen molar-refractivity contribution >= 4 is 5.97 Å². The van der Waals surface area contributed by atoms with E-state index < -0.39 is 5.97 Å². The summed E-state index contributed by atoms with van der Waals surface area (Å²) in [6, 6.07) is 0. The highest BCUT2D eigenvalue weighted by molar-refractivity contribution is 5.85. The van der Waals surface area contributed by atoms with Gasteiger partial charge in [-0.1, -0.05) is 6.08 Å². The maximum absolute atomic E-state index is 10.3. The maximum atomic E-state index is 10.3. The average molecular weight is 142 g/mol. The minimum absolute atomic E-state index is 0.248. The van der Waals surface area contributed by atoms with Gasteiger partial charge in [-0.25, -0.2) is 10.2 Å². The molecule has 0 spiro atoms. The van der Waals surface area contributed by atoms with E-state index in [1.165, 1.54) is 0 Å². The first kappa shape index (κ1) is 7.08. The number of carboxylic acids is 1. The molecule has 0 bridgehead atoms. The van der Waals surface area contributed by atoms with Gasteiger partial charge < -0.3 is 10.5 Å². The molecule has 0 saturated heterocycles. The molecule has 1 aliphatic heterocycles. The summed E-state index contributed by atoms with van der Waals surface area (Å²) in [6.07, 6.45) is 3.48. The van der Waals surface area contributed by atoms with Gasteiger partial charge in [0.25, 0.3) is 0 Å². The summed E-state index contributed by atoms with van der Waals surface area (Å²) >= 11 is 0. The molecule has 10 heavy (non-hydrogen) atoms. The quantitative estimate of drug-likeness (QED) is 0.476. The summed E-state index contributed by atoms with van der Waals surface area (Å²) in [4.78, 5) is 10.3. The van der Waals surface area contributed by atoms with Crippen LogP contribution < -0.4 is 10.9 Å². The van der Waals surface area contributed by atoms with Crippen molar-refractivity contribution in [1.82, 2.24) is 10.9 Å². The first-order valence-electron chi connectivity index (χ1n) is 3.23. The zero-order chi connectivity index (χ0) is 7.40. The third kappa shape index (κ3) is 1.73. The van der Waals surface area contributed by atoms with Crippen LogP contribution >= 0.6 is 0 Å². The Balaban J connectivity index is 2.54. The molecule has 0 radical (unpaired) electrons. The van der Waals surface area contributed by atoms with Crippen LogP contribution in [0.4, 0.5) is 0 Å². The number of aliphatic carboxylic acids is 1. The van der Waals surface area contributed by atoms with Crippen molar-refractivity contribution in [2.24, 2.45) is 0 Å². The summed E-state index contributed by atoms with van der Waals surface area (Å²) in [7, 11) is 0. The van der Waals surface area contributed by atoms with E-state index in [1.807, 2.05) is 0 Å². The second kappa shape index (κ2) is 3.22. The van der Waals surface area contributed by atoms with Gasteiger partial charge in [0, 0.05) is 6.54 Å². The van der Waals surface area contributed by atoms with Crippen molar-refractivity contribution in [1.29, 1.82) is 0 Å². The maximum Gasteiger partial charge on any atom is 0.352 e. The lowest BCUT2D eigenvalue weighted by Crippen LogP contribution is -2.33. The Morgan fingerprint density at radius 3 is 3.20 bits per heavy atom. The van der Waals surface area contributed by atoms with Gasteiger partial charge in [-0.15, -0.1) is 0 Å². The molecule has 0 aromatic heterocycles. The summed E-state index contributed by atoms with van der Waals surface area (Å²) in [5.41, 5.74) is 5.62. The molecule has 0 aromatic rings. The van der Waals surface area contributed by atoms with Crippen LogP contribution in [0.15, 0.2) is 11.8 Å². The van der Waals surface area contributed by atoms with Crippen molar-refractivity contribution in [2.45, 2.75) is 12.8 Å². The highest BCUT2D eigenvalue weighted by Gasteiger charge is 2.06. The van der Waals surface area contributed by atoms with Gasteiger partial charge in [0.1, 0.15) is 5.70 Å². The van der Waals surface area contributed by atoms with Crippen LogP contribution in [-0.4, -0.2) is 17.6 Å². The molecular weight excluding hydrogens is 132 g/mol. The zero-order valence-electron chi connectivity index (χ0n) is 5.55. The fourth-order valence-electron chi connectivity index (χ4n) is 0.786. The van der Waals surface area contributed by atoms with E-state index in [2.05, 4.69) is 10.9 Å². The minimum Gasteiger partial charge on any atom is -0.477 e. The SMILES string of the molecule is O=C(O)C1=CCCCNN1. The van der Waals surface area contributed by atoms with Crippen LogP contribution in [-0.2, 0) is 4.79 Å². The van der Waals surface area contributed by atoms with E-state index in [-0.39, 0.29) is 5.70 Å². The van der Waals surface area contributed by atoms with Crippen LogP contribution in [0.5, 0.6) is 0 Å². The van der Waals surface area contributed by atoms with Gasteiger partial charge in [0.2, 0.25) is 0 Å². The third-order valence-corrected chi connectivity index (χ3v) is 1.31. The lowest BCUT2D eigenvalue weighted by atomic mass is 10.3. The second-order valence-corrected chi connectivity index (χ2v) is 2.12. The topological polar surface area (TPSA) is 61.4 Å². The third-order valence-electron chi connectivity index (χ3n) is 1.31. The van der Waals surface area contributed by atoms with Gasteiger partial charge in [-0.3, -0.25) is 0 Å².